The van der Waals surface area contributed by atoms with Gasteiger partial charge in [-0.2, -0.15) is 0 Å². The summed E-state index contributed by atoms with van der Waals surface area (Å²) in [4.78, 5) is 14.6. The number of halogens is 1. The van der Waals surface area contributed by atoms with Gasteiger partial charge in [0.15, 0.2) is 0 Å². The number of hydrogen-bond acceptors (Lipinski definition) is 4. The Morgan fingerprint density at radius 2 is 1.92 bits per heavy atom. The molecule has 134 valence electrons. The summed E-state index contributed by atoms with van der Waals surface area (Å²) in [5.74, 6) is 0.232. The van der Waals surface area contributed by atoms with Crippen molar-refractivity contribution in [2.75, 3.05) is 42.8 Å². The van der Waals surface area contributed by atoms with Crippen LogP contribution in [0.25, 0.3) is 0 Å². The van der Waals surface area contributed by atoms with Gasteiger partial charge in [-0.05, 0) is 50.1 Å². The first-order valence-corrected chi connectivity index (χ1v) is 9.71. The number of amides is 1. The second-order valence-corrected chi connectivity index (χ2v) is 8.15. The van der Waals surface area contributed by atoms with Crippen LogP contribution in [-0.2, 0) is 10.0 Å². The highest BCUT2D eigenvalue weighted by Gasteiger charge is 2.29. The molecule has 0 bridgehead atoms. The molecule has 2 saturated heterocycles. The zero-order valence-corrected chi connectivity index (χ0v) is 15.5. The van der Waals surface area contributed by atoms with Crippen LogP contribution in [0.3, 0.4) is 0 Å². The number of nitrogens with one attached hydrogen (secondary N) is 1. The normalized spacial score (nSPS) is 20.4. The SMILES string of the molecule is Cc1cc(N2CCCS2(=O)=O)ccc1C(=O)N1CCCNCC1.Cl. The average Bonchev–Trinajstić information content (AvgIpc) is 2.73. The van der Waals surface area contributed by atoms with Crippen LogP contribution in [-0.4, -0.2) is 57.7 Å². The topological polar surface area (TPSA) is 69.7 Å². The fourth-order valence-electron chi connectivity index (χ4n) is 3.19. The van der Waals surface area contributed by atoms with Gasteiger partial charge in [-0.3, -0.25) is 9.10 Å². The van der Waals surface area contributed by atoms with E-state index in [1.807, 2.05) is 17.9 Å². The molecule has 24 heavy (non-hydrogen) atoms. The second kappa shape index (κ2) is 7.72. The summed E-state index contributed by atoms with van der Waals surface area (Å²) in [7, 11) is -3.19. The molecule has 0 spiro atoms. The minimum absolute atomic E-state index is 0. The Balaban J connectivity index is 0.00000208. The average molecular weight is 374 g/mol. The van der Waals surface area contributed by atoms with Gasteiger partial charge < -0.3 is 10.2 Å². The lowest BCUT2D eigenvalue weighted by atomic mass is 10.1. The van der Waals surface area contributed by atoms with Crippen molar-refractivity contribution in [3.05, 3.63) is 29.3 Å². The molecule has 6 nitrogen and oxygen atoms in total. The molecule has 2 aliphatic heterocycles. The number of benzene rings is 1. The van der Waals surface area contributed by atoms with E-state index in [9.17, 15) is 13.2 Å². The van der Waals surface area contributed by atoms with E-state index >= 15 is 0 Å². The zero-order valence-electron chi connectivity index (χ0n) is 13.8. The molecular formula is C16H24ClN3O3S. The first-order chi connectivity index (χ1) is 11.0. The monoisotopic (exact) mass is 373 g/mol. The predicted molar refractivity (Wildman–Crippen MR) is 97.6 cm³/mol. The van der Waals surface area contributed by atoms with E-state index in [1.54, 1.807) is 12.1 Å². The lowest BCUT2D eigenvalue weighted by Gasteiger charge is -2.22. The Labute approximate surface area is 149 Å². The second-order valence-electron chi connectivity index (χ2n) is 6.14. The molecule has 0 unspecified atom stereocenters. The fourth-order valence-corrected chi connectivity index (χ4v) is 4.75. The Hall–Kier alpha value is -1.31. The van der Waals surface area contributed by atoms with Crippen molar-refractivity contribution >= 4 is 34.0 Å². The van der Waals surface area contributed by atoms with Crippen molar-refractivity contribution in [2.24, 2.45) is 0 Å². The highest BCUT2D eigenvalue weighted by atomic mass is 35.5. The third kappa shape index (κ3) is 3.84. The van der Waals surface area contributed by atoms with Crippen LogP contribution < -0.4 is 9.62 Å². The molecule has 1 aromatic carbocycles. The van der Waals surface area contributed by atoms with E-state index in [0.29, 0.717) is 30.8 Å². The molecule has 8 heteroatoms. The minimum Gasteiger partial charge on any atom is -0.337 e. The third-order valence-electron chi connectivity index (χ3n) is 4.45. The molecule has 2 fully saturated rings. The molecule has 0 atom stereocenters. The van der Waals surface area contributed by atoms with E-state index in [-0.39, 0.29) is 24.1 Å². The van der Waals surface area contributed by atoms with Crippen LogP contribution in [0.4, 0.5) is 5.69 Å². The fraction of sp³-hybridized carbons (Fsp3) is 0.562. The summed E-state index contributed by atoms with van der Waals surface area (Å²) in [6.07, 6.45) is 1.61. The summed E-state index contributed by atoms with van der Waals surface area (Å²) in [5.41, 5.74) is 2.15. The molecule has 0 aliphatic carbocycles. The van der Waals surface area contributed by atoms with E-state index in [1.165, 1.54) is 4.31 Å². The molecule has 1 N–H and O–H groups in total. The van der Waals surface area contributed by atoms with Crippen molar-refractivity contribution in [1.29, 1.82) is 0 Å². The number of carbonyl (C=O) groups is 1. The van der Waals surface area contributed by atoms with Crippen LogP contribution in [0.5, 0.6) is 0 Å². The van der Waals surface area contributed by atoms with Crippen molar-refractivity contribution in [3.63, 3.8) is 0 Å². The van der Waals surface area contributed by atoms with Crippen molar-refractivity contribution < 1.29 is 13.2 Å². The quantitative estimate of drug-likeness (QED) is 0.850. The zero-order chi connectivity index (χ0) is 16.4. The maximum Gasteiger partial charge on any atom is 0.254 e. The summed E-state index contributed by atoms with van der Waals surface area (Å²) in [6, 6.07) is 5.32. The molecule has 1 aromatic rings. The van der Waals surface area contributed by atoms with Gasteiger partial charge in [0.05, 0.1) is 11.4 Å². The maximum absolute atomic E-state index is 12.7. The van der Waals surface area contributed by atoms with Crippen molar-refractivity contribution in [1.82, 2.24) is 10.2 Å². The Morgan fingerprint density at radius 1 is 1.12 bits per heavy atom. The Morgan fingerprint density at radius 3 is 2.58 bits per heavy atom. The van der Waals surface area contributed by atoms with Gasteiger partial charge in [0.2, 0.25) is 10.0 Å². The van der Waals surface area contributed by atoms with E-state index in [0.717, 1.165) is 31.6 Å². The lowest BCUT2D eigenvalue weighted by molar-refractivity contribution is 0.0765. The first-order valence-electron chi connectivity index (χ1n) is 8.10. The van der Waals surface area contributed by atoms with Gasteiger partial charge in [0, 0.05) is 31.7 Å². The molecule has 0 saturated carbocycles. The van der Waals surface area contributed by atoms with Gasteiger partial charge >= 0.3 is 0 Å². The first kappa shape index (κ1) is 19.0. The molecule has 2 heterocycles. The van der Waals surface area contributed by atoms with E-state index in [4.69, 9.17) is 0 Å². The number of rotatable bonds is 2. The lowest BCUT2D eigenvalue weighted by Crippen LogP contribution is -2.34. The summed E-state index contributed by atoms with van der Waals surface area (Å²) >= 11 is 0. The third-order valence-corrected chi connectivity index (χ3v) is 6.32. The molecule has 3 rings (SSSR count). The Kier molecular flexibility index (Phi) is 6.11. The summed E-state index contributed by atoms with van der Waals surface area (Å²) in [5, 5.41) is 3.29. The highest BCUT2D eigenvalue weighted by Crippen LogP contribution is 2.26. The number of aryl methyl sites for hydroxylation is 1. The van der Waals surface area contributed by atoms with Crippen LogP contribution in [0.2, 0.25) is 0 Å². The molecule has 0 radical (unpaired) electrons. The van der Waals surface area contributed by atoms with Gasteiger partial charge in [-0.15, -0.1) is 12.4 Å². The van der Waals surface area contributed by atoms with Crippen molar-refractivity contribution in [3.8, 4) is 0 Å². The summed E-state index contributed by atoms with van der Waals surface area (Å²) in [6.45, 7) is 5.61. The number of hydrogen-bond donors (Lipinski definition) is 1. The molecular weight excluding hydrogens is 350 g/mol. The summed E-state index contributed by atoms with van der Waals surface area (Å²) < 4.78 is 25.5. The molecule has 1 amide bonds. The van der Waals surface area contributed by atoms with Crippen LogP contribution in [0.15, 0.2) is 18.2 Å². The number of nitrogens with zero attached hydrogens (tertiary/aromatic N) is 2. The standard InChI is InChI=1S/C16H23N3O3S.ClH/c1-13-12-14(19-9-3-11-23(19,21)22)4-5-15(13)16(20)18-8-2-6-17-7-10-18;/h4-5,12,17H,2-3,6-11H2,1H3;1H. The Bertz CT molecular complexity index is 701. The number of anilines is 1. The van der Waals surface area contributed by atoms with Crippen molar-refractivity contribution in [2.45, 2.75) is 19.8 Å². The maximum atomic E-state index is 12.7. The molecule has 2 aliphatic rings. The largest absolute Gasteiger partial charge is 0.337 e. The van der Waals surface area contributed by atoms with Gasteiger partial charge in [-0.25, -0.2) is 8.42 Å². The van der Waals surface area contributed by atoms with Crippen LogP contribution >= 0.6 is 12.4 Å². The highest BCUT2D eigenvalue weighted by molar-refractivity contribution is 7.93. The number of sulfonamides is 1. The van der Waals surface area contributed by atoms with Gasteiger partial charge in [0.25, 0.3) is 5.91 Å². The van der Waals surface area contributed by atoms with Gasteiger partial charge in [-0.1, -0.05) is 0 Å². The smallest absolute Gasteiger partial charge is 0.254 e. The minimum atomic E-state index is -3.19. The van der Waals surface area contributed by atoms with E-state index in [2.05, 4.69) is 5.32 Å². The number of carbonyl (C=O) groups excluding carboxylic acids is 1. The predicted octanol–water partition coefficient (Wildman–Crippen LogP) is 1.39. The van der Waals surface area contributed by atoms with E-state index < -0.39 is 10.0 Å². The van der Waals surface area contributed by atoms with Crippen LogP contribution in [0.1, 0.15) is 28.8 Å². The van der Waals surface area contributed by atoms with Crippen LogP contribution in [0, 0.1) is 6.92 Å². The van der Waals surface area contributed by atoms with Gasteiger partial charge in [0.1, 0.15) is 0 Å². The molecule has 0 aromatic heterocycles.